The zero-order valence-electron chi connectivity index (χ0n) is 9.95. The number of aliphatic hydroxyl groups excluding tert-OH is 3. The molecule has 3 N–H and O–H groups in total. The van der Waals surface area contributed by atoms with Crippen LogP contribution in [0.5, 0.6) is 0 Å². The molecule has 0 saturated heterocycles. The Bertz CT molecular complexity index is 441. The van der Waals surface area contributed by atoms with E-state index in [1.807, 2.05) is 0 Å². The molecule has 0 aliphatic rings. The van der Waals surface area contributed by atoms with Crippen molar-refractivity contribution in [2.75, 3.05) is 0 Å². The summed E-state index contributed by atoms with van der Waals surface area (Å²) in [6.45, 7) is 0.00312. The number of rotatable bonds is 4. The lowest BCUT2D eigenvalue weighted by molar-refractivity contribution is 0.220. The van der Waals surface area contributed by atoms with Crippen LogP contribution in [0.25, 0.3) is 0 Å². The van der Waals surface area contributed by atoms with Gasteiger partial charge in [-0.3, -0.25) is 0 Å². The van der Waals surface area contributed by atoms with Crippen molar-refractivity contribution in [3.63, 3.8) is 0 Å². The van der Waals surface area contributed by atoms with Gasteiger partial charge in [-0.05, 0) is 22.3 Å². The fourth-order valence-corrected chi connectivity index (χ4v) is 1.80. The number of hydrogen-bond donors (Lipinski definition) is 3. The maximum atomic E-state index is 10.2. The van der Waals surface area contributed by atoms with Crippen LogP contribution in [0.4, 0.5) is 0 Å². The lowest BCUT2D eigenvalue weighted by atomic mass is 9.99. The molecule has 2 aromatic rings. The van der Waals surface area contributed by atoms with Crippen molar-refractivity contribution in [2.24, 2.45) is 0 Å². The summed E-state index contributed by atoms with van der Waals surface area (Å²) in [5, 5.41) is 28.1. The fraction of sp³-hybridized carbons (Fsp3) is 0.200. The Morgan fingerprint density at radius 1 is 0.667 bits per heavy atom. The molecule has 0 heterocycles. The molecule has 2 aromatic carbocycles. The second-order valence-corrected chi connectivity index (χ2v) is 4.20. The first-order valence-electron chi connectivity index (χ1n) is 5.82. The Morgan fingerprint density at radius 3 is 1.28 bits per heavy atom. The van der Waals surface area contributed by atoms with E-state index in [4.69, 9.17) is 10.2 Å². The molecule has 0 aliphatic carbocycles. The van der Waals surface area contributed by atoms with Gasteiger partial charge in [0.2, 0.25) is 0 Å². The molecule has 0 amide bonds. The van der Waals surface area contributed by atoms with E-state index < -0.39 is 6.10 Å². The largest absolute Gasteiger partial charge is 0.392 e. The van der Waals surface area contributed by atoms with Gasteiger partial charge >= 0.3 is 0 Å². The van der Waals surface area contributed by atoms with Gasteiger partial charge in [-0.2, -0.15) is 0 Å². The molecule has 94 valence electrons. The molecule has 0 aliphatic heterocycles. The third-order valence-electron chi connectivity index (χ3n) is 2.96. The maximum absolute atomic E-state index is 10.2. The number of hydrogen-bond acceptors (Lipinski definition) is 3. The Balaban J connectivity index is 2.20. The molecule has 0 fully saturated rings. The molecular formula is C15H16O3. The van der Waals surface area contributed by atoms with Crippen molar-refractivity contribution in [1.82, 2.24) is 0 Å². The second-order valence-electron chi connectivity index (χ2n) is 4.20. The number of benzene rings is 2. The summed E-state index contributed by atoms with van der Waals surface area (Å²) in [5.74, 6) is 0. The van der Waals surface area contributed by atoms with E-state index in [0.717, 1.165) is 22.3 Å². The highest BCUT2D eigenvalue weighted by atomic mass is 16.3. The minimum Gasteiger partial charge on any atom is -0.392 e. The smallest absolute Gasteiger partial charge is 0.104 e. The van der Waals surface area contributed by atoms with Crippen LogP contribution in [0, 0.1) is 0 Å². The minimum atomic E-state index is -0.689. The Kier molecular flexibility index (Phi) is 4.10. The van der Waals surface area contributed by atoms with Crippen LogP contribution in [0.2, 0.25) is 0 Å². The zero-order chi connectivity index (χ0) is 13.0. The predicted octanol–water partition coefficient (Wildman–Crippen LogP) is 1.75. The maximum Gasteiger partial charge on any atom is 0.104 e. The van der Waals surface area contributed by atoms with Crippen molar-refractivity contribution in [2.45, 2.75) is 19.3 Å². The SMILES string of the molecule is OCc1ccc(C(O)c2ccc(CO)cc2)cc1. The van der Waals surface area contributed by atoms with Crippen molar-refractivity contribution in [1.29, 1.82) is 0 Å². The van der Waals surface area contributed by atoms with Gasteiger partial charge in [-0.15, -0.1) is 0 Å². The van der Waals surface area contributed by atoms with Gasteiger partial charge in [0, 0.05) is 0 Å². The van der Waals surface area contributed by atoms with Crippen molar-refractivity contribution >= 4 is 0 Å². The van der Waals surface area contributed by atoms with E-state index in [1.54, 1.807) is 48.5 Å². The normalized spacial score (nSPS) is 10.9. The quantitative estimate of drug-likeness (QED) is 0.768. The Labute approximate surface area is 106 Å². The summed E-state index contributed by atoms with van der Waals surface area (Å²) in [5.41, 5.74) is 3.20. The van der Waals surface area contributed by atoms with Gasteiger partial charge < -0.3 is 15.3 Å². The molecule has 0 spiro atoms. The van der Waals surface area contributed by atoms with Crippen LogP contribution >= 0.6 is 0 Å². The second kappa shape index (κ2) is 5.78. The summed E-state index contributed by atoms with van der Waals surface area (Å²) < 4.78 is 0. The van der Waals surface area contributed by atoms with Gasteiger partial charge in [0.25, 0.3) is 0 Å². The summed E-state index contributed by atoms with van der Waals surface area (Å²) in [6.07, 6.45) is -0.689. The van der Waals surface area contributed by atoms with E-state index in [1.165, 1.54) is 0 Å². The lowest BCUT2D eigenvalue weighted by Crippen LogP contribution is -2.00. The summed E-state index contributed by atoms with van der Waals surface area (Å²) in [6, 6.07) is 14.4. The van der Waals surface area contributed by atoms with Crippen LogP contribution in [-0.4, -0.2) is 15.3 Å². The van der Waals surface area contributed by atoms with E-state index in [0.29, 0.717) is 0 Å². The summed E-state index contributed by atoms with van der Waals surface area (Å²) in [4.78, 5) is 0. The molecule has 0 radical (unpaired) electrons. The average molecular weight is 244 g/mol. The van der Waals surface area contributed by atoms with Crippen LogP contribution in [0.15, 0.2) is 48.5 Å². The van der Waals surface area contributed by atoms with Gasteiger partial charge in [0.15, 0.2) is 0 Å². The Hall–Kier alpha value is -1.68. The number of aliphatic hydroxyl groups is 3. The summed E-state index contributed by atoms with van der Waals surface area (Å²) >= 11 is 0. The van der Waals surface area contributed by atoms with E-state index in [-0.39, 0.29) is 13.2 Å². The molecule has 3 heteroatoms. The average Bonchev–Trinajstić information content (AvgIpc) is 2.47. The van der Waals surface area contributed by atoms with E-state index >= 15 is 0 Å². The highest BCUT2D eigenvalue weighted by Gasteiger charge is 2.09. The zero-order valence-corrected chi connectivity index (χ0v) is 9.95. The van der Waals surface area contributed by atoms with Gasteiger partial charge in [0.05, 0.1) is 13.2 Å². The Morgan fingerprint density at radius 2 is 1.00 bits per heavy atom. The molecule has 0 aromatic heterocycles. The summed E-state index contributed by atoms with van der Waals surface area (Å²) in [7, 11) is 0. The first-order valence-corrected chi connectivity index (χ1v) is 5.82. The molecule has 18 heavy (non-hydrogen) atoms. The van der Waals surface area contributed by atoms with Crippen LogP contribution in [0.1, 0.15) is 28.4 Å². The van der Waals surface area contributed by atoms with Gasteiger partial charge in [0.1, 0.15) is 6.10 Å². The molecule has 0 atom stereocenters. The molecule has 2 rings (SSSR count). The first-order chi connectivity index (χ1) is 8.74. The van der Waals surface area contributed by atoms with Crippen molar-refractivity contribution in [3.8, 4) is 0 Å². The molecule has 3 nitrogen and oxygen atoms in total. The highest BCUT2D eigenvalue weighted by molar-refractivity contribution is 5.33. The lowest BCUT2D eigenvalue weighted by Gasteiger charge is -2.12. The van der Waals surface area contributed by atoms with E-state index in [9.17, 15) is 5.11 Å². The molecule has 0 unspecified atom stereocenters. The topological polar surface area (TPSA) is 60.7 Å². The van der Waals surface area contributed by atoms with Crippen molar-refractivity contribution in [3.05, 3.63) is 70.8 Å². The van der Waals surface area contributed by atoms with Crippen molar-refractivity contribution < 1.29 is 15.3 Å². The van der Waals surface area contributed by atoms with Crippen LogP contribution in [-0.2, 0) is 13.2 Å². The predicted molar refractivity (Wildman–Crippen MR) is 68.8 cm³/mol. The molecular weight excluding hydrogens is 228 g/mol. The monoisotopic (exact) mass is 244 g/mol. The standard InChI is InChI=1S/C15H16O3/c16-9-11-1-5-13(6-2-11)15(18)14-7-3-12(10-17)4-8-14/h1-8,15-18H,9-10H2. The van der Waals surface area contributed by atoms with Gasteiger partial charge in [-0.1, -0.05) is 48.5 Å². The van der Waals surface area contributed by atoms with Crippen LogP contribution in [0.3, 0.4) is 0 Å². The molecule has 0 saturated carbocycles. The molecule has 0 bridgehead atoms. The van der Waals surface area contributed by atoms with Gasteiger partial charge in [-0.25, -0.2) is 0 Å². The third kappa shape index (κ3) is 2.76. The fourth-order valence-electron chi connectivity index (χ4n) is 1.80. The minimum absolute atomic E-state index is 0.00156. The van der Waals surface area contributed by atoms with Crippen LogP contribution < -0.4 is 0 Å². The third-order valence-corrected chi connectivity index (χ3v) is 2.96. The first kappa shape index (κ1) is 12.8. The highest BCUT2D eigenvalue weighted by Crippen LogP contribution is 2.22. The van der Waals surface area contributed by atoms with E-state index in [2.05, 4.69) is 0 Å².